The maximum atomic E-state index is 11.1. The molecule has 0 unspecified atom stereocenters. The van der Waals surface area contributed by atoms with Gasteiger partial charge in [0.15, 0.2) is 0 Å². The highest BCUT2D eigenvalue weighted by Gasteiger charge is 2.03. The maximum Gasteiger partial charge on any atom is 0.349 e. The zero-order valence-electron chi connectivity index (χ0n) is 18.8. The van der Waals surface area contributed by atoms with E-state index in [0.717, 1.165) is 12.8 Å². The summed E-state index contributed by atoms with van der Waals surface area (Å²) in [5.41, 5.74) is 0. The second-order valence-electron chi connectivity index (χ2n) is 8.26. The lowest BCUT2D eigenvalue weighted by molar-refractivity contribution is -0.138. The third-order valence-electron chi connectivity index (χ3n) is 5.45. The minimum Gasteiger partial charge on any atom is -0.461 e. The monoisotopic (exact) mass is 414 g/mol. The Kier molecular flexibility index (Phi) is 22.4. The minimum atomic E-state index is -0.487. The van der Waals surface area contributed by atoms with E-state index in [-0.39, 0.29) is 5.03 Å². The van der Waals surface area contributed by atoms with E-state index in [9.17, 15) is 4.79 Å². The van der Waals surface area contributed by atoms with Crippen molar-refractivity contribution in [1.29, 1.82) is 0 Å². The van der Waals surface area contributed by atoms with Crippen molar-refractivity contribution in [2.24, 2.45) is 0 Å². The quantitative estimate of drug-likeness (QED) is 0.100. The van der Waals surface area contributed by atoms with Gasteiger partial charge in [-0.2, -0.15) is 0 Å². The number of carbonyl (C=O) groups is 1. The zero-order chi connectivity index (χ0) is 20.7. The summed E-state index contributed by atoms with van der Waals surface area (Å²) in [6.45, 7) is 6.10. The molecule has 0 bridgehead atoms. The molecule has 0 N–H and O–H groups in total. The number of unbranched alkanes of at least 4 members (excludes halogenated alkanes) is 19. The lowest BCUT2D eigenvalue weighted by atomic mass is 10.0. The van der Waals surface area contributed by atoms with Crippen LogP contribution in [-0.2, 0) is 9.53 Å². The highest BCUT2D eigenvalue weighted by molar-refractivity contribution is 6.40. The van der Waals surface area contributed by atoms with E-state index in [4.69, 9.17) is 16.3 Å². The molecule has 0 fully saturated rings. The van der Waals surface area contributed by atoms with E-state index in [0.29, 0.717) is 6.61 Å². The number of rotatable bonds is 22. The van der Waals surface area contributed by atoms with Gasteiger partial charge in [0.2, 0.25) is 0 Å². The first-order chi connectivity index (χ1) is 13.7. The first kappa shape index (κ1) is 27.5. The summed E-state index contributed by atoms with van der Waals surface area (Å²) in [7, 11) is 0. The summed E-state index contributed by atoms with van der Waals surface area (Å²) < 4.78 is 4.97. The fourth-order valence-electron chi connectivity index (χ4n) is 3.60. The van der Waals surface area contributed by atoms with Gasteiger partial charge in [-0.15, -0.1) is 0 Å². The van der Waals surface area contributed by atoms with Crippen LogP contribution >= 0.6 is 11.6 Å². The van der Waals surface area contributed by atoms with E-state index < -0.39 is 5.97 Å². The van der Waals surface area contributed by atoms with Crippen LogP contribution in [0.15, 0.2) is 11.6 Å². The second-order valence-corrected chi connectivity index (χ2v) is 8.71. The van der Waals surface area contributed by atoms with Gasteiger partial charge >= 0.3 is 5.97 Å². The standard InChI is InChI=1S/C25H47ClO2/c1-3-4-5-6-7-8-9-10-11-12-13-14-15-16-17-18-19-20-21-22-23-28-25(27)24(2)26/h2-23H2,1H3. The van der Waals surface area contributed by atoms with Gasteiger partial charge in [0.25, 0.3) is 0 Å². The van der Waals surface area contributed by atoms with Crippen LogP contribution in [0.4, 0.5) is 0 Å². The van der Waals surface area contributed by atoms with Gasteiger partial charge in [-0.05, 0) is 6.42 Å². The molecule has 0 saturated heterocycles. The number of halogens is 1. The fraction of sp³-hybridized carbons (Fsp3) is 0.880. The van der Waals surface area contributed by atoms with E-state index in [2.05, 4.69) is 13.5 Å². The van der Waals surface area contributed by atoms with Crippen molar-refractivity contribution in [3.05, 3.63) is 11.6 Å². The van der Waals surface area contributed by atoms with Crippen molar-refractivity contribution < 1.29 is 9.53 Å². The molecule has 0 aliphatic heterocycles. The number of hydrogen-bond donors (Lipinski definition) is 0. The number of hydrogen-bond acceptors (Lipinski definition) is 2. The van der Waals surface area contributed by atoms with Gasteiger partial charge in [0.05, 0.1) is 6.61 Å². The van der Waals surface area contributed by atoms with E-state index in [1.165, 1.54) is 116 Å². The molecule has 166 valence electrons. The third-order valence-corrected chi connectivity index (χ3v) is 5.61. The summed E-state index contributed by atoms with van der Waals surface area (Å²) >= 11 is 5.45. The first-order valence-corrected chi connectivity index (χ1v) is 12.6. The Morgan fingerprint density at radius 1 is 0.607 bits per heavy atom. The lowest BCUT2D eigenvalue weighted by Crippen LogP contribution is -2.04. The molecule has 0 aromatic carbocycles. The van der Waals surface area contributed by atoms with E-state index in [1.807, 2.05) is 0 Å². The lowest BCUT2D eigenvalue weighted by Gasteiger charge is -2.04. The minimum absolute atomic E-state index is 0.0341. The van der Waals surface area contributed by atoms with Gasteiger partial charge in [-0.25, -0.2) is 4.79 Å². The Hall–Kier alpha value is -0.500. The summed E-state index contributed by atoms with van der Waals surface area (Å²) in [5, 5.41) is -0.0341. The number of ether oxygens (including phenoxy) is 1. The van der Waals surface area contributed by atoms with Crippen LogP contribution < -0.4 is 0 Å². The van der Waals surface area contributed by atoms with Gasteiger partial charge in [-0.3, -0.25) is 0 Å². The molecule has 2 nitrogen and oxygen atoms in total. The molecule has 28 heavy (non-hydrogen) atoms. The van der Waals surface area contributed by atoms with Crippen molar-refractivity contribution in [3.8, 4) is 0 Å². The smallest absolute Gasteiger partial charge is 0.349 e. The topological polar surface area (TPSA) is 26.3 Å². The molecular weight excluding hydrogens is 368 g/mol. The molecule has 0 amide bonds. The van der Waals surface area contributed by atoms with Crippen molar-refractivity contribution in [3.63, 3.8) is 0 Å². The number of carbonyl (C=O) groups excluding carboxylic acids is 1. The Morgan fingerprint density at radius 3 is 1.18 bits per heavy atom. The largest absolute Gasteiger partial charge is 0.461 e. The average Bonchev–Trinajstić information content (AvgIpc) is 2.68. The van der Waals surface area contributed by atoms with Gasteiger partial charge in [0.1, 0.15) is 5.03 Å². The molecule has 0 atom stereocenters. The van der Waals surface area contributed by atoms with Gasteiger partial charge in [-0.1, -0.05) is 147 Å². The maximum absolute atomic E-state index is 11.1. The Labute approximate surface area is 180 Å². The first-order valence-electron chi connectivity index (χ1n) is 12.2. The summed E-state index contributed by atoms with van der Waals surface area (Å²) in [6, 6.07) is 0. The van der Waals surface area contributed by atoms with Crippen LogP contribution in [0.25, 0.3) is 0 Å². The highest BCUT2D eigenvalue weighted by Crippen LogP contribution is 2.14. The average molecular weight is 415 g/mol. The third kappa shape index (κ3) is 21.8. The van der Waals surface area contributed by atoms with E-state index in [1.54, 1.807) is 0 Å². The van der Waals surface area contributed by atoms with Crippen LogP contribution in [0.3, 0.4) is 0 Å². The normalized spacial score (nSPS) is 10.9. The molecule has 0 spiro atoms. The zero-order valence-corrected chi connectivity index (χ0v) is 19.5. The SMILES string of the molecule is C=C(Cl)C(=O)OCCCCCCCCCCCCCCCCCCCCCC. The molecule has 0 aromatic rings. The van der Waals surface area contributed by atoms with Crippen molar-refractivity contribution >= 4 is 17.6 Å². The van der Waals surface area contributed by atoms with Crippen molar-refractivity contribution in [2.75, 3.05) is 6.61 Å². The van der Waals surface area contributed by atoms with Crippen molar-refractivity contribution in [1.82, 2.24) is 0 Å². The Morgan fingerprint density at radius 2 is 0.893 bits per heavy atom. The second kappa shape index (κ2) is 22.8. The highest BCUT2D eigenvalue weighted by atomic mass is 35.5. The molecule has 3 heteroatoms. The summed E-state index contributed by atoms with van der Waals surface area (Å²) in [6.07, 6.45) is 27.4. The molecule has 0 aromatic heterocycles. The summed E-state index contributed by atoms with van der Waals surface area (Å²) in [4.78, 5) is 11.1. The molecular formula is C25H47ClO2. The van der Waals surface area contributed by atoms with Crippen molar-refractivity contribution in [2.45, 2.75) is 135 Å². The van der Waals surface area contributed by atoms with Gasteiger partial charge in [0, 0.05) is 0 Å². The molecule has 0 saturated carbocycles. The summed E-state index contributed by atoms with van der Waals surface area (Å²) in [5.74, 6) is -0.487. The predicted octanol–water partition coefficient (Wildman–Crippen LogP) is 9.10. The fourth-order valence-corrected chi connectivity index (χ4v) is 3.65. The van der Waals surface area contributed by atoms with E-state index >= 15 is 0 Å². The Bertz CT molecular complexity index is 354. The Balaban J connectivity index is 3.05. The predicted molar refractivity (Wildman–Crippen MR) is 124 cm³/mol. The molecule has 0 heterocycles. The van der Waals surface area contributed by atoms with Crippen LogP contribution in [0, 0.1) is 0 Å². The molecule has 0 rings (SSSR count). The molecule has 0 aliphatic carbocycles. The van der Waals surface area contributed by atoms with Crippen LogP contribution in [0.5, 0.6) is 0 Å². The molecule has 0 radical (unpaired) electrons. The van der Waals surface area contributed by atoms with Crippen LogP contribution in [0.1, 0.15) is 135 Å². The van der Waals surface area contributed by atoms with Gasteiger partial charge < -0.3 is 4.74 Å². The van der Waals surface area contributed by atoms with Crippen LogP contribution in [0.2, 0.25) is 0 Å². The molecule has 0 aliphatic rings. The number of esters is 1. The van der Waals surface area contributed by atoms with Crippen LogP contribution in [-0.4, -0.2) is 12.6 Å².